The van der Waals surface area contributed by atoms with Crippen molar-refractivity contribution in [2.45, 2.75) is 27.7 Å². The molecule has 3 heterocycles. The third-order valence-electron chi connectivity index (χ3n) is 5.37. The topological polar surface area (TPSA) is 93.8 Å². The molecule has 30 heavy (non-hydrogen) atoms. The van der Waals surface area contributed by atoms with Crippen LogP contribution >= 0.6 is 0 Å². The fourth-order valence-electron chi connectivity index (χ4n) is 4.13. The summed E-state index contributed by atoms with van der Waals surface area (Å²) >= 11 is 0. The Labute approximate surface area is 170 Å². The predicted molar refractivity (Wildman–Crippen MR) is 114 cm³/mol. The quantitative estimate of drug-likeness (QED) is 0.385. The molecule has 0 fully saturated rings. The van der Waals surface area contributed by atoms with E-state index in [1.54, 1.807) is 13.0 Å². The van der Waals surface area contributed by atoms with E-state index >= 15 is 0 Å². The Morgan fingerprint density at radius 2 is 1.20 bits per heavy atom. The summed E-state index contributed by atoms with van der Waals surface area (Å²) in [5.74, 6) is -0.190. The number of furan rings is 1. The zero-order valence-electron chi connectivity index (χ0n) is 16.9. The maximum Gasteiger partial charge on any atom is 0.351 e. The average molecular weight is 402 g/mol. The molecule has 6 nitrogen and oxygen atoms in total. The van der Waals surface area contributed by atoms with Gasteiger partial charge in [-0.1, -0.05) is 12.1 Å². The first kappa shape index (κ1) is 18.2. The maximum atomic E-state index is 12.7. The number of aromatic hydroxyl groups is 1. The summed E-state index contributed by atoms with van der Waals surface area (Å²) in [7, 11) is 0. The average Bonchev–Trinajstić information content (AvgIpc) is 3.10. The Morgan fingerprint density at radius 3 is 1.87 bits per heavy atom. The number of rotatable bonds is 1. The van der Waals surface area contributed by atoms with Crippen molar-refractivity contribution in [1.29, 1.82) is 0 Å². The van der Waals surface area contributed by atoms with Crippen LogP contribution in [-0.4, -0.2) is 5.11 Å². The van der Waals surface area contributed by atoms with Crippen molar-refractivity contribution in [1.82, 2.24) is 0 Å². The van der Waals surface area contributed by atoms with Crippen molar-refractivity contribution in [3.63, 3.8) is 0 Å². The third kappa shape index (κ3) is 2.50. The number of aryl methyl sites for hydroxylation is 4. The monoisotopic (exact) mass is 402 g/mol. The van der Waals surface area contributed by atoms with Crippen LogP contribution in [0, 0.1) is 27.7 Å². The summed E-state index contributed by atoms with van der Waals surface area (Å²) in [5.41, 5.74) is 3.06. The second-order valence-electron chi connectivity index (χ2n) is 7.77. The first-order chi connectivity index (χ1) is 14.2. The van der Waals surface area contributed by atoms with E-state index in [-0.39, 0.29) is 22.5 Å². The molecule has 5 rings (SSSR count). The van der Waals surface area contributed by atoms with Gasteiger partial charge in [-0.2, -0.15) is 0 Å². The van der Waals surface area contributed by atoms with Gasteiger partial charge in [-0.05, 0) is 62.1 Å². The number of hydrogen-bond donors (Lipinski definition) is 1. The normalized spacial score (nSPS) is 11.7. The zero-order valence-corrected chi connectivity index (χ0v) is 16.9. The van der Waals surface area contributed by atoms with Crippen LogP contribution in [0.1, 0.15) is 22.3 Å². The minimum Gasteiger partial charge on any atom is -0.506 e. The zero-order chi connectivity index (χ0) is 21.3. The van der Waals surface area contributed by atoms with E-state index in [2.05, 4.69) is 0 Å². The summed E-state index contributed by atoms with van der Waals surface area (Å²) < 4.78 is 16.9. The lowest BCUT2D eigenvalue weighted by atomic mass is 10.0. The van der Waals surface area contributed by atoms with E-state index in [0.717, 1.165) is 22.3 Å². The van der Waals surface area contributed by atoms with E-state index in [1.165, 1.54) is 6.07 Å². The molecule has 150 valence electrons. The first-order valence-electron chi connectivity index (χ1n) is 9.49. The lowest BCUT2D eigenvalue weighted by Gasteiger charge is -2.07. The Morgan fingerprint density at radius 1 is 0.633 bits per heavy atom. The van der Waals surface area contributed by atoms with Crippen LogP contribution in [0.15, 0.2) is 53.2 Å². The lowest BCUT2D eigenvalue weighted by molar-refractivity contribution is 0.467. The molecule has 6 heteroatoms. The Hall–Kier alpha value is -3.80. The van der Waals surface area contributed by atoms with Gasteiger partial charge in [-0.15, -0.1) is 0 Å². The van der Waals surface area contributed by atoms with Gasteiger partial charge in [-0.3, -0.25) is 0 Å². The highest BCUT2D eigenvalue weighted by atomic mass is 16.4. The Kier molecular flexibility index (Phi) is 3.71. The molecule has 0 aliphatic rings. The minimum absolute atomic E-state index is 0.0521. The fourth-order valence-corrected chi connectivity index (χ4v) is 4.13. The van der Waals surface area contributed by atoms with E-state index in [1.807, 2.05) is 39.0 Å². The van der Waals surface area contributed by atoms with Crippen molar-refractivity contribution in [2.75, 3.05) is 0 Å². The van der Waals surface area contributed by atoms with Crippen LogP contribution in [0.4, 0.5) is 0 Å². The molecule has 0 aliphatic carbocycles. The van der Waals surface area contributed by atoms with Crippen LogP contribution in [0.2, 0.25) is 0 Å². The summed E-state index contributed by atoms with van der Waals surface area (Å²) in [5, 5.41) is 12.1. The van der Waals surface area contributed by atoms with Crippen LogP contribution in [0.5, 0.6) is 5.75 Å². The molecule has 0 saturated heterocycles. The molecule has 2 aromatic carbocycles. The van der Waals surface area contributed by atoms with E-state index in [9.17, 15) is 14.7 Å². The number of hydrogen-bond acceptors (Lipinski definition) is 6. The molecule has 1 N–H and O–H groups in total. The fraction of sp³-hybridized carbons (Fsp3) is 0.167. The van der Waals surface area contributed by atoms with Gasteiger partial charge in [0.1, 0.15) is 33.6 Å². The van der Waals surface area contributed by atoms with Crippen LogP contribution in [0.25, 0.3) is 44.2 Å². The smallest absolute Gasteiger partial charge is 0.351 e. The van der Waals surface area contributed by atoms with Gasteiger partial charge >= 0.3 is 11.3 Å². The van der Waals surface area contributed by atoms with Crippen molar-refractivity contribution < 1.29 is 18.4 Å². The van der Waals surface area contributed by atoms with Gasteiger partial charge in [-0.25, -0.2) is 9.59 Å². The SMILES string of the molecule is Cc1cc(C)c2oc(=O)c(-c3cc4c(=O)oc5c(C)cc(C)cc5c4o3)c(O)c2c1. The van der Waals surface area contributed by atoms with Crippen LogP contribution < -0.4 is 11.3 Å². The van der Waals surface area contributed by atoms with Crippen molar-refractivity contribution in [3.05, 3.63) is 73.4 Å². The highest BCUT2D eigenvalue weighted by Crippen LogP contribution is 2.38. The Balaban J connectivity index is 1.90. The summed E-state index contributed by atoms with van der Waals surface area (Å²) in [4.78, 5) is 25.3. The maximum absolute atomic E-state index is 12.7. The lowest BCUT2D eigenvalue weighted by Crippen LogP contribution is -2.04. The molecule has 0 bridgehead atoms. The summed E-state index contributed by atoms with van der Waals surface area (Å²) in [6.45, 7) is 7.48. The van der Waals surface area contributed by atoms with E-state index < -0.39 is 11.3 Å². The third-order valence-corrected chi connectivity index (χ3v) is 5.37. The van der Waals surface area contributed by atoms with Crippen molar-refractivity contribution in [2.24, 2.45) is 0 Å². The number of benzene rings is 2. The van der Waals surface area contributed by atoms with Crippen molar-refractivity contribution >= 4 is 32.9 Å². The summed E-state index contributed by atoms with van der Waals surface area (Å²) in [6, 6.07) is 8.79. The predicted octanol–water partition coefficient (Wildman–Crippen LogP) is 5.25. The molecule has 0 saturated carbocycles. The molecule has 0 spiro atoms. The molecular weight excluding hydrogens is 384 g/mol. The number of fused-ring (bicyclic) bond motifs is 4. The molecule has 0 aliphatic heterocycles. The highest BCUT2D eigenvalue weighted by Gasteiger charge is 2.23. The minimum atomic E-state index is -0.743. The van der Waals surface area contributed by atoms with Gasteiger partial charge in [0.05, 0.1) is 10.8 Å². The Bertz CT molecular complexity index is 1630. The molecule has 0 radical (unpaired) electrons. The van der Waals surface area contributed by atoms with Gasteiger partial charge in [0.2, 0.25) is 0 Å². The van der Waals surface area contributed by atoms with Crippen molar-refractivity contribution in [3.8, 4) is 17.1 Å². The first-order valence-corrected chi connectivity index (χ1v) is 9.49. The van der Waals surface area contributed by atoms with Crippen LogP contribution in [0.3, 0.4) is 0 Å². The van der Waals surface area contributed by atoms with E-state index in [0.29, 0.717) is 27.5 Å². The van der Waals surface area contributed by atoms with Crippen LogP contribution in [-0.2, 0) is 0 Å². The second-order valence-corrected chi connectivity index (χ2v) is 7.77. The molecule has 0 atom stereocenters. The second kappa shape index (κ2) is 6.10. The van der Waals surface area contributed by atoms with Gasteiger partial charge < -0.3 is 18.4 Å². The standard InChI is InChI=1S/C24H18O6/c1-10-5-12(3)20-14(7-10)19(25)18(24(27)30-20)17-9-16-22(28-17)15-8-11(2)6-13(4)21(15)29-23(16)26/h5-9,25H,1-4H3. The largest absolute Gasteiger partial charge is 0.506 e. The van der Waals surface area contributed by atoms with Gasteiger partial charge in [0.15, 0.2) is 5.58 Å². The molecule has 5 aromatic rings. The molecule has 0 unspecified atom stereocenters. The summed E-state index contributed by atoms with van der Waals surface area (Å²) in [6.07, 6.45) is 0. The highest BCUT2D eigenvalue weighted by molar-refractivity contribution is 6.04. The molecule has 0 amide bonds. The molecule has 3 aromatic heterocycles. The van der Waals surface area contributed by atoms with E-state index in [4.69, 9.17) is 13.3 Å². The van der Waals surface area contributed by atoms with Gasteiger partial charge in [0, 0.05) is 6.07 Å². The molecular formula is C24H18O6. The van der Waals surface area contributed by atoms with Gasteiger partial charge in [0.25, 0.3) is 0 Å².